The van der Waals surface area contributed by atoms with Gasteiger partial charge in [0.15, 0.2) is 0 Å². The third-order valence-electron chi connectivity index (χ3n) is 9.48. The summed E-state index contributed by atoms with van der Waals surface area (Å²) < 4.78 is 12.8. The summed E-state index contributed by atoms with van der Waals surface area (Å²) in [6.45, 7) is 14.1. The molecular weight excluding hydrogens is 666 g/mol. The fourth-order valence-corrected chi connectivity index (χ4v) is 8.22. The van der Waals surface area contributed by atoms with Gasteiger partial charge >= 0.3 is 5.97 Å². The first kappa shape index (κ1) is 36.8. The summed E-state index contributed by atoms with van der Waals surface area (Å²) >= 11 is 3.73. The highest BCUT2D eigenvalue weighted by Crippen LogP contribution is 2.60. The lowest BCUT2D eigenvalue weighted by atomic mass is 9.70. The van der Waals surface area contributed by atoms with Gasteiger partial charge in [-0.2, -0.15) is 0 Å². The van der Waals surface area contributed by atoms with Crippen molar-refractivity contribution in [2.75, 3.05) is 26.2 Å². The number of ether oxygens (including phenoxy) is 2. The van der Waals surface area contributed by atoms with Crippen LogP contribution < -0.4 is 5.32 Å². The molecule has 3 fully saturated rings. The summed E-state index contributed by atoms with van der Waals surface area (Å²) in [4.78, 5) is 58.8. The zero-order valence-electron chi connectivity index (χ0n) is 27.9. The van der Waals surface area contributed by atoms with Gasteiger partial charge in [0.2, 0.25) is 17.7 Å². The molecule has 7 atom stereocenters. The molecule has 2 N–H and O–H groups in total. The van der Waals surface area contributed by atoms with Gasteiger partial charge in [0.1, 0.15) is 17.7 Å². The summed E-state index contributed by atoms with van der Waals surface area (Å²) in [6, 6.07) is 8.25. The summed E-state index contributed by atoms with van der Waals surface area (Å²) in [5, 5.41) is 12.1. The van der Waals surface area contributed by atoms with Crippen LogP contribution in [0.5, 0.6) is 0 Å². The number of nitrogens with one attached hydrogen (secondary N) is 1. The van der Waals surface area contributed by atoms with Crippen LogP contribution in [0.3, 0.4) is 0 Å². The van der Waals surface area contributed by atoms with Gasteiger partial charge in [-0.25, -0.2) is 0 Å². The second-order valence-electron chi connectivity index (χ2n) is 13.7. The summed E-state index contributed by atoms with van der Waals surface area (Å²) in [6.07, 6.45) is 5.97. The maximum atomic E-state index is 14.6. The minimum atomic E-state index is -1.21. The number of carbonyl (C=O) groups excluding carboxylic acids is 4. The molecule has 3 aliphatic heterocycles. The predicted octanol–water partition coefficient (Wildman–Crippen LogP) is 4.47. The van der Waals surface area contributed by atoms with Crippen molar-refractivity contribution >= 4 is 39.6 Å². The van der Waals surface area contributed by atoms with E-state index < -0.39 is 47.2 Å². The number of benzene rings is 1. The number of fused-ring (bicyclic) bond motifs is 1. The first-order valence-corrected chi connectivity index (χ1v) is 17.6. The largest absolute Gasteiger partial charge is 0.455 e. The zero-order chi connectivity index (χ0) is 34.4. The van der Waals surface area contributed by atoms with Crippen molar-refractivity contribution in [2.45, 2.75) is 99.9 Å². The molecule has 0 aliphatic carbocycles. The van der Waals surface area contributed by atoms with Crippen LogP contribution in [0.1, 0.15) is 77.4 Å². The first-order valence-electron chi connectivity index (χ1n) is 16.7. The minimum Gasteiger partial charge on any atom is -0.455 e. The Bertz CT molecular complexity index is 1300. The van der Waals surface area contributed by atoms with Gasteiger partial charge in [-0.15, -0.1) is 13.2 Å². The topological polar surface area (TPSA) is 125 Å². The van der Waals surface area contributed by atoms with E-state index in [4.69, 9.17) is 9.47 Å². The lowest BCUT2D eigenvalue weighted by molar-refractivity contribution is -0.160. The van der Waals surface area contributed by atoms with Gasteiger partial charge in [0, 0.05) is 36.5 Å². The highest BCUT2D eigenvalue weighted by atomic mass is 79.9. The molecule has 11 heteroatoms. The van der Waals surface area contributed by atoms with E-state index in [1.807, 2.05) is 51.1 Å². The smallest absolute Gasteiger partial charge is 0.313 e. The Labute approximate surface area is 287 Å². The number of likely N-dealkylation sites (tertiary alicyclic amines) is 1. The number of halogens is 1. The Morgan fingerprint density at radius 3 is 2.51 bits per heavy atom. The average Bonchev–Trinajstić information content (AvgIpc) is 3.63. The van der Waals surface area contributed by atoms with Gasteiger partial charge in [-0.1, -0.05) is 71.3 Å². The fraction of sp³-hybridized carbons (Fsp3) is 0.611. The molecule has 1 aromatic rings. The van der Waals surface area contributed by atoms with E-state index in [9.17, 15) is 24.3 Å². The fourth-order valence-electron chi connectivity index (χ4n) is 7.28. The van der Waals surface area contributed by atoms with E-state index in [1.54, 1.807) is 22.0 Å². The van der Waals surface area contributed by atoms with E-state index in [1.165, 1.54) is 0 Å². The monoisotopic (exact) mass is 715 g/mol. The normalized spacial score (nSPS) is 26.9. The van der Waals surface area contributed by atoms with Crippen LogP contribution in [0.15, 0.2) is 55.6 Å². The number of aliphatic hydroxyl groups is 1. The predicted molar refractivity (Wildman–Crippen MR) is 182 cm³/mol. The molecule has 10 nitrogen and oxygen atoms in total. The van der Waals surface area contributed by atoms with Crippen molar-refractivity contribution < 1.29 is 33.8 Å². The van der Waals surface area contributed by atoms with E-state index >= 15 is 0 Å². The molecule has 2 bridgehead atoms. The number of hydrogen-bond donors (Lipinski definition) is 2. The first-order chi connectivity index (χ1) is 22.4. The van der Waals surface area contributed by atoms with Crippen LogP contribution in [0.2, 0.25) is 0 Å². The Morgan fingerprint density at radius 2 is 1.87 bits per heavy atom. The van der Waals surface area contributed by atoms with Crippen LogP contribution in [-0.2, 0) is 28.7 Å². The highest BCUT2D eigenvalue weighted by Gasteiger charge is 2.77. The van der Waals surface area contributed by atoms with Crippen LogP contribution >= 0.6 is 15.9 Å². The van der Waals surface area contributed by atoms with Gasteiger partial charge in [0.05, 0.1) is 24.5 Å². The van der Waals surface area contributed by atoms with Gasteiger partial charge in [0.25, 0.3) is 0 Å². The van der Waals surface area contributed by atoms with Gasteiger partial charge in [-0.05, 0) is 52.0 Å². The third kappa shape index (κ3) is 7.84. The SMILES string of the molecule is C=CCCC(=O)NC[C@@H](OC(=O)[C@@H]1[C@H]2O[C@@]3(CC2Br)[C@H](C(=O)N(CC=C)C(C)(C)C)N(CCCCCCO)C(=O)[C@@H]13)c1ccccc1. The van der Waals surface area contributed by atoms with Crippen LogP contribution in [-0.4, -0.2) is 93.0 Å². The molecule has 0 saturated carbocycles. The Morgan fingerprint density at radius 1 is 1.17 bits per heavy atom. The summed E-state index contributed by atoms with van der Waals surface area (Å²) in [7, 11) is 0. The molecule has 3 saturated heterocycles. The molecule has 0 aromatic heterocycles. The van der Waals surface area contributed by atoms with E-state index in [0.29, 0.717) is 44.3 Å². The van der Waals surface area contributed by atoms with Gasteiger partial charge < -0.3 is 29.7 Å². The lowest BCUT2D eigenvalue weighted by Gasteiger charge is -2.42. The second kappa shape index (κ2) is 15.9. The van der Waals surface area contributed by atoms with Crippen molar-refractivity contribution in [3.05, 3.63) is 61.2 Å². The van der Waals surface area contributed by atoms with Crippen molar-refractivity contribution in [3.63, 3.8) is 0 Å². The number of nitrogens with zero attached hydrogens (tertiary/aromatic N) is 2. The molecular formula is C36H50BrN3O7. The molecule has 1 spiro atoms. The minimum absolute atomic E-state index is 0.0641. The Kier molecular flexibility index (Phi) is 12.5. The van der Waals surface area contributed by atoms with Crippen LogP contribution in [0.4, 0.5) is 0 Å². The Hall–Kier alpha value is -3.02. The van der Waals surface area contributed by atoms with Crippen LogP contribution in [0, 0.1) is 11.8 Å². The van der Waals surface area contributed by atoms with Crippen molar-refractivity contribution in [1.82, 2.24) is 15.1 Å². The van der Waals surface area contributed by atoms with Crippen molar-refractivity contribution in [1.29, 1.82) is 0 Å². The average molecular weight is 717 g/mol. The Balaban J connectivity index is 1.66. The summed E-state index contributed by atoms with van der Waals surface area (Å²) in [5.41, 5.74) is -1.06. The number of rotatable bonds is 17. The van der Waals surface area contributed by atoms with Crippen molar-refractivity contribution in [2.24, 2.45) is 11.8 Å². The number of unbranched alkanes of at least 4 members (excludes halogenated alkanes) is 3. The van der Waals surface area contributed by atoms with Gasteiger partial charge in [-0.3, -0.25) is 19.2 Å². The molecule has 1 unspecified atom stereocenters. The van der Waals surface area contributed by atoms with Crippen molar-refractivity contribution in [3.8, 4) is 0 Å². The number of allylic oxidation sites excluding steroid dienone is 1. The molecule has 4 rings (SSSR count). The summed E-state index contributed by atoms with van der Waals surface area (Å²) in [5.74, 6) is -3.14. The molecule has 0 radical (unpaired) electrons. The number of esters is 1. The molecule has 3 heterocycles. The lowest BCUT2D eigenvalue weighted by Crippen LogP contribution is -2.60. The molecule has 3 amide bonds. The number of alkyl halides is 1. The quantitative estimate of drug-likeness (QED) is 0.106. The third-order valence-corrected chi connectivity index (χ3v) is 10.3. The van der Waals surface area contributed by atoms with Crippen LogP contribution in [0.25, 0.3) is 0 Å². The number of aliphatic hydroxyl groups excluding tert-OH is 1. The molecule has 47 heavy (non-hydrogen) atoms. The number of carbonyl (C=O) groups is 4. The number of hydrogen-bond acceptors (Lipinski definition) is 7. The molecule has 258 valence electrons. The van der Waals surface area contributed by atoms with E-state index in [-0.39, 0.29) is 42.1 Å². The molecule has 3 aliphatic rings. The van der Waals surface area contributed by atoms with E-state index in [0.717, 1.165) is 12.8 Å². The molecule has 1 aromatic carbocycles. The van der Waals surface area contributed by atoms with E-state index in [2.05, 4.69) is 34.4 Å². The second-order valence-corrected chi connectivity index (χ2v) is 14.9. The standard InChI is InChI=1S/C36H50BrN3O7/c1-6-8-18-27(42)38-23-26(24-16-12-11-13-17-24)46-34(45)28-29-32(43)39(20-14-9-10-15-21-41)31(36(29)22-25(37)30(28)47-36)33(44)40(19-7-2)35(3,4)5/h6-7,11-13,16-17,25-26,28-31,41H,1-2,8-10,14-15,18-23H2,3-5H3,(H,38,42)/t25?,26-,28+,29-,30+,31+,36-/m1/s1. The maximum absolute atomic E-state index is 14.6. The number of amides is 3. The maximum Gasteiger partial charge on any atom is 0.313 e. The highest BCUT2D eigenvalue weighted by molar-refractivity contribution is 9.09. The zero-order valence-corrected chi connectivity index (χ0v) is 29.5.